The van der Waals surface area contributed by atoms with Gasteiger partial charge < -0.3 is 19.4 Å². The van der Waals surface area contributed by atoms with Gasteiger partial charge in [0, 0.05) is 28.4 Å². The molecule has 1 saturated heterocycles. The maximum atomic E-state index is 13.0. The average Bonchev–Trinajstić information content (AvgIpc) is 3.30. The lowest BCUT2D eigenvalue weighted by Gasteiger charge is -2.32. The number of nitrogens with one attached hydrogen (secondary N) is 1. The largest absolute Gasteiger partial charge is 0.464 e. The lowest BCUT2D eigenvalue weighted by molar-refractivity contribution is -0.131. The van der Waals surface area contributed by atoms with Gasteiger partial charge in [0.25, 0.3) is 11.8 Å². The van der Waals surface area contributed by atoms with E-state index >= 15 is 0 Å². The maximum absolute atomic E-state index is 13.0. The minimum Gasteiger partial charge on any atom is -0.464 e. The van der Waals surface area contributed by atoms with Crippen molar-refractivity contribution in [3.05, 3.63) is 77.5 Å². The molecule has 1 aromatic heterocycles. The Morgan fingerprint density at radius 3 is 2.66 bits per heavy atom. The summed E-state index contributed by atoms with van der Waals surface area (Å²) < 4.78 is 11.0. The van der Waals surface area contributed by atoms with Gasteiger partial charge >= 0.3 is 0 Å². The summed E-state index contributed by atoms with van der Waals surface area (Å²) in [6, 6.07) is 17.7. The number of halogens is 1. The molecule has 2 aromatic carbocycles. The second-order valence-corrected chi connectivity index (χ2v) is 7.10. The number of ether oxygens (including phenoxy) is 1. The molecular formula is C22H19ClN2O4. The summed E-state index contributed by atoms with van der Waals surface area (Å²) in [5.74, 6) is 0.252. The molecule has 2 heterocycles. The van der Waals surface area contributed by atoms with Crippen LogP contribution in [0.3, 0.4) is 0 Å². The molecule has 1 fully saturated rings. The van der Waals surface area contributed by atoms with E-state index in [0.717, 1.165) is 5.56 Å². The van der Waals surface area contributed by atoms with Crippen molar-refractivity contribution in [3.63, 3.8) is 0 Å². The molecule has 7 heteroatoms. The fourth-order valence-electron chi connectivity index (χ4n) is 3.18. The Morgan fingerprint density at radius 1 is 1.07 bits per heavy atom. The van der Waals surface area contributed by atoms with Crippen molar-refractivity contribution in [1.82, 2.24) is 4.90 Å². The van der Waals surface area contributed by atoms with E-state index in [1.807, 2.05) is 18.2 Å². The van der Waals surface area contributed by atoms with Gasteiger partial charge in [0.15, 0.2) is 6.10 Å². The highest BCUT2D eigenvalue weighted by atomic mass is 35.5. The molecule has 1 unspecified atom stereocenters. The number of nitrogens with zero attached hydrogens (tertiary/aromatic N) is 1. The summed E-state index contributed by atoms with van der Waals surface area (Å²) in [4.78, 5) is 27.2. The van der Waals surface area contributed by atoms with Crippen LogP contribution in [0.25, 0.3) is 11.3 Å². The first-order chi connectivity index (χ1) is 14.1. The molecule has 1 aliphatic heterocycles. The smallest absolute Gasteiger partial charge is 0.255 e. The van der Waals surface area contributed by atoms with Crippen LogP contribution < -0.4 is 5.32 Å². The van der Waals surface area contributed by atoms with Gasteiger partial charge in [-0.1, -0.05) is 23.7 Å². The molecule has 3 aromatic rings. The van der Waals surface area contributed by atoms with Gasteiger partial charge in [-0.25, -0.2) is 0 Å². The fourth-order valence-corrected chi connectivity index (χ4v) is 3.31. The van der Waals surface area contributed by atoms with Crippen LogP contribution in [-0.4, -0.2) is 42.5 Å². The zero-order valence-electron chi connectivity index (χ0n) is 15.5. The fraction of sp³-hybridized carbons (Fsp3) is 0.182. The number of rotatable bonds is 4. The Balaban J connectivity index is 1.44. The van der Waals surface area contributed by atoms with Crippen molar-refractivity contribution in [1.29, 1.82) is 0 Å². The normalized spacial score (nSPS) is 16.4. The molecule has 0 aliphatic carbocycles. The molecule has 4 rings (SSSR count). The third-order valence-corrected chi connectivity index (χ3v) is 4.93. The Labute approximate surface area is 173 Å². The van der Waals surface area contributed by atoms with E-state index in [4.69, 9.17) is 20.8 Å². The molecular weight excluding hydrogens is 392 g/mol. The predicted octanol–water partition coefficient (Wildman–Crippen LogP) is 4.08. The third-order valence-electron chi connectivity index (χ3n) is 4.67. The molecule has 1 aliphatic rings. The molecule has 1 atom stereocenters. The first-order valence-electron chi connectivity index (χ1n) is 9.21. The van der Waals surface area contributed by atoms with Crippen molar-refractivity contribution >= 4 is 29.1 Å². The molecule has 29 heavy (non-hydrogen) atoms. The molecule has 0 spiro atoms. The second kappa shape index (κ2) is 8.51. The van der Waals surface area contributed by atoms with Crippen LogP contribution in [0.2, 0.25) is 5.02 Å². The number of amides is 2. The minimum absolute atomic E-state index is 0.147. The van der Waals surface area contributed by atoms with Crippen LogP contribution >= 0.6 is 11.6 Å². The summed E-state index contributed by atoms with van der Waals surface area (Å²) in [6.07, 6.45) is 0.854. The quantitative estimate of drug-likeness (QED) is 0.703. The van der Waals surface area contributed by atoms with Crippen molar-refractivity contribution in [2.45, 2.75) is 6.10 Å². The Morgan fingerprint density at radius 2 is 1.90 bits per heavy atom. The number of hydrogen-bond donors (Lipinski definition) is 1. The monoisotopic (exact) mass is 410 g/mol. The second-order valence-electron chi connectivity index (χ2n) is 6.66. The number of morpholine rings is 1. The highest BCUT2D eigenvalue weighted by Crippen LogP contribution is 2.22. The first-order valence-corrected chi connectivity index (χ1v) is 9.59. The van der Waals surface area contributed by atoms with Gasteiger partial charge in [-0.15, -0.1) is 0 Å². The molecule has 6 nitrogen and oxygen atoms in total. The SMILES string of the molecule is O=C(Nc1ccc(Cl)cc1)C1CN(C(=O)c2cccc(-c3ccco3)c2)CCO1. The number of anilines is 1. The maximum Gasteiger partial charge on any atom is 0.255 e. The van der Waals surface area contributed by atoms with E-state index in [-0.39, 0.29) is 18.4 Å². The van der Waals surface area contributed by atoms with Crippen molar-refractivity contribution < 1.29 is 18.7 Å². The molecule has 0 saturated carbocycles. The van der Waals surface area contributed by atoms with E-state index in [9.17, 15) is 9.59 Å². The van der Waals surface area contributed by atoms with Crippen molar-refractivity contribution in [3.8, 4) is 11.3 Å². The van der Waals surface area contributed by atoms with Gasteiger partial charge in [-0.2, -0.15) is 0 Å². The molecule has 0 bridgehead atoms. The van der Waals surface area contributed by atoms with E-state index in [2.05, 4.69) is 5.32 Å². The van der Waals surface area contributed by atoms with E-state index in [0.29, 0.717) is 35.2 Å². The predicted molar refractivity (Wildman–Crippen MR) is 110 cm³/mol. The average molecular weight is 411 g/mol. The van der Waals surface area contributed by atoms with Crippen LogP contribution in [0.15, 0.2) is 71.3 Å². The summed E-state index contributed by atoms with van der Waals surface area (Å²) in [5.41, 5.74) is 1.99. The molecule has 1 N–H and O–H groups in total. The van der Waals surface area contributed by atoms with Crippen molar-refractivity contribution in [2.24, 2.45) is 0 Å². The molecule has 0 radical (unpaired) electrons. The van der Waals surface area contributed by atoms with Crippen LogP contribution in [0.4, 0.5) is 5.69 Å². The summed E-state index contributed by atoms with van der Waals surface area (Å²) in [7, 11) is 0. The Hall–Kier alpha value is -3.09. The minimum atomic E-state index is -0.739. The number of carbonyl (C=O) groups excluding carboxylic acids is 2. The Kier molecular flexibility index (Phi) is 5.64. The number of carbonyl (C=O) groups is 2. The molecule has 148 valence electrons. The number of furan rings is 1. The van der Waals surface area contributed by atoms with Gasteiger partial charge in [0.2, 0.25) is 0 Å². The Bertz CT molecular complexity index is 1000. The number of hydrogen-bond acceptors (Lipinski definition) is 4. The highest BCUT2D eigenvalue weighted by Gasteiger charge is 2.30. The van der Waals surface area contributed by atoms with Crippen molar-refractivity contribution in [2.75, 3.05) is 25.0 Å². The van der Waals surface area contributed by atoms with E-state index in [1.54, 1.807) is 53.6 Å². The van der Waals surface area contributed by atoms with Crippen LogP contribution in [0.1, 0.15) is 10.4 Å². The number of benzene rings is 2. The van der Waals surface area contributed by atoms with Gasteiger partial charge in [0.1, 0.15) is 5.76 Å². The van der Waals surface area contributed by atoms with E-state index < -0.39 is 6.10 Å². The van der Waals surface area contributed by atoms with Gasteiger partial charge in [-0.3, -0.25) is 9.59 Å². The van der Waals surface area contributed by atoms with Gasteiger partial charge in [-0.05, 0) is 48.5 Å². The highest BCUT2D eigenvalue weighted by molar-refractivity contribution is 6.30. The standard InChI is InChI=1S/C22H19ClN2O4/c23-17-6-8-18(9-7-17)24-21(26)20-14-25(10-12-29-20)22(27)16-4-1-3-15(13-16)19-5-2-11-28-19/h1-9,11,13,20H,10,12,14H2,(H,24,26). The summed E-state index contributed by atoms with van der Waals surface area (Å²) in [5, 5.41) is 3.38. The lowest BCUT2D eigenvalue weighted by atomic mass is 10.1. The van der Waals surface area contributed by atoms with Crippen LogP contribution in [0.5, 0.6) is 0 Å². The zero-order valence-corrected chi connectivity index (χ0v) is 16.3. The molecule has 2 amide bonds. The van der Waals surface area contributed by atoms with E-state index in [1.165, 1.54) is 0 Å². The van der Waals surface area contributed by atoms with Crippen LogP contribution in [0, 0.1) is 0 Å². The zero-order chi connectivity index (χ0) is 20.2. The van der Waals surface area contributed by atoms with Crippen LogP contribution in [-0.2, 0) is 9.53 Å². The lowest BCUT2D eigenvalue weighted by Crippen LogP contribution is -2.50. The summed E-state index contributed by atoms with van der Waals surface area (Å²) in [6.45, 7) is 0.903. The third kappa shape index (κ3) is 4.50. The topological polar surface area (TPSA) is 71.8 Å². The first kappa shape index (κ1) is 19.2. The summed E-state index contributed by atoms with van der Waals surface area (Å²) >= 11 is 5.87. The van der Waals surface area contributed by atoms with Gasteiger partial charge in [0.05, 0.1) is 19.4 Å².